The highest BCUT2D eigenvalue weighted by Gasteiger charge is 2.25. The van der Waals surface area contributed by atoms with Gasteiger partial charge in [-0.3, -0.25) is 4.79 Å². The molecule has 1 fully saturated rings. The Labute approximate surface area is 202 Å². The van der Waals surface area contributed by atoms with E-state index in [1.165, 1.54) is 11.3 Å². The predicted octanol–water partition coefficient (Wildman–Crippen LogP) is 4.05. The highest BCUT2D eigenvalue weighted by atomic mass is 32.1. The number of thiophene rings is 1. The van der Waals surface area contributed by atoms with E-state index in [9.17, 15) is 4.79 Å². The third-order valence-electron chi connectivity index (χ3n) is 6.55. The Morgan fingerprint density at radius 1 is 1.15 bits per heavy atom. The number of hydrogen-bond acceptors (Lipinski definition) is 6. The van der Waals surface area contributed by atoms with Gasteiger partial charge in [0.15, 0.2) is 0 Å². The van der Waals surface area contributed by atoms with Crippen molar-refractivity contribution >= 4 is 49.6 Å². The molecule has 0 radical (unpaired) electrons. The van der Waals surface area contributed by atoms with Crippen molar-refractivity contribution in [1.82, 2.24) is 15.6 Å². The zero-order valence-electron chi connectivity index (χ0n) is 18.9. The Bertz CT molecular complexity index is 1480. The number of carbonyl (C=O) groups excluding carboxylic acids is 1. The first-order chi connectivity index (χ1) is 16.6. The summed E-state index contributed by atoms with van der Waals surface area (Å²) in [4.78, 5) is 20.8. The van der Waals surface area contributed by atoms with Gasteiger partial charge >= 0.3 is 0 Å². The van der Waals surface area contributed by atoms with Gasteiger partial charge in [-0.25, -0.2) is 4.98 Å². The molecular formula is C27H25N5OS. The first-order valence-corrected chi connectivity index (χ1v) is 12.4. The van der Waals surface area contributed by atoms with Gasteiger partial charge in [0.05, 0.1) is 16.9 Å². The number of fused-ring (bicyclic) bond motifs is 5. The van der Waals surface area contributed by atoms with Crippen LogP contribution in [-0.4, -0.2) is 49.7 Å². The molecule has 1 amide bonds. The summed E-state index contributed by atoms with van der Waals surface area (Å²) < 4.78 is 1.08. The lowest BCUT2D eigenvalue weighted by Crippen LogP contribution is -2.43. The number of terminal acetylenes is 1. The number of amides is 1. The lowest BCUT2D eigenvalue weighted by molar-refractivity contribution is 0.0949. The second-order valence-corrected chi connectivity index (χ2v) is 9.97. The van der Waals surface area contributed by atoms with Crippen LogP contribution in [0.4, 0.5) is 11.4 Å². The molecular weight excluding hydrogens is 442 g/mol. The van der Waals surface area contributed by atoms with Crippen LogP contribution in [0.1, 0.15) is 22.2 Å². The number of carbonyl (C=O) groups is 1. The topological polar surface area (TPSA) is 69.3 Å². The molecule has 0 bridgehead atoms. The Kier molecular flexibility index (Phi) is 5.13. The molecule has 4 heterocycles. The predicted molar refractivity (Wildman–Crippen MR) is 141 cm³/mol. The van der Waals surface area contributed by atoms with Gasteiger partial charge in [0.2, 0.25) is 0 Å². The fourth-order valence-electron chi connectivity index (χ4n) is 4.83. The molecule has 1 atom stereocenters. The van der Waals surface area contributed by atoms with E-state index >= 15 is 0 Å². The minimum absolute atomic E-state index is 0.0158. The molecule has 2 aromatic heterocycles. The number of rotatable bonds is 2. The molecule has 2 aliphatic rings. The number of pyridine rings is 1. The Hall–Kier alpha value is -3.60. The molecule has 7 heteroatoms. The quantitative estimate of drug-likeness (QED) is 0.388. The van der Waals surface area contributed by atoms with Crippen molar-refractivity contribution in [3.05, 3.63) is 52.9 Å². The summed E-state index contributed by atoms with van der Waals surface area (Å²) in [5.41, 5.74) is 5.72. The van der Waals surface area contributed by atoms with Crippen molar-refractivity contribution in [1.29, 1.82) is 0 Å². The highest BCUT2D eigenvalue weighted by molar-refractivity contribution is 7.21. The second-order valence-electron chi connectivity index (χ2n) is 8.91. The maximum atomic E-state index is 12.7. The molecule has 6 nitrogen and oxygen atoms in total. The fraction of sp³-hybridized carbons (Fsp3) is 0.259. The number of hydrogen-bond donors (Lipinski definition) is 3. The van der Waals surface area contributed by atoms with Crippen LogP contribution in [0, 0.1) is 12.3 Å². The molecule has 170 valence electrons. The van der Waals surface area contributed by atoms with Crippen LogP contribution in [0.5, 0.6) is 0 Å². The number of nitrogens with one attached hydrogen (secondary N) is 3. The molecule has 4 aromatic rings. The van der Waals surface area contributed by atoms with Crippen molar-refractivity contribution in [2.75, 3.05) is 42.9 Å². The summed E-state index contributed by atoms with van der Waals surface area (Å²) in [5, 5.41) is 12.1. The third kappa shape index (κ3) is 3.56. The van der Waals surface area contributed by atoms with E-state index in [4.69, 9.17) is 11.4 Å². The zero-order chi connectivity index (χ0) is 23.2. The summed E-state index contributed by atoms with van der Waals surface area (Å²) in [6.45, 7) is 6.55. The molecule has 2 aliphatic heterocycles. The van der Waals surface area contributed by atoms with Crippen LogP contribution in [0.3, 0.4) is 0 Å². The van der Waals surface area contributed by atoms with Crippen LogP contribution in [-0.2, 0) is 0 Å². The van der Waals surface area contributed by atoms with E-state index in [0.717, 1.165) is 80.2 Å². The summed E-state index contributed by atoms with van der Waals surface area (Å²) in [6.07, 6.45) is 5.79. The van der Waals surface area contributed by atoms with E-state index in [2.05, 4.69) is 57.1 Å². The summed E-state index contributed by atoms with van der Waals surface area (Å²) in [5.74, 6) is 2.79. The van der Waals surface area contributed by atoms with Gasteiger partial charge in [0.25, 0.3) is 5.91 Å². The lowest BCUT2D eigenvalue weighted by Gasteiger charge is -2.30. The van der Waals surface area contributed by atoms with Gasteiger partial charge in [0.1, 0.15) is 4.88 Å². The Morgan fingerprint density at radius 2 is 2.00 bits per heavy atom. The molecule has 0 aliphatic carbocycles. The van der Waals surface area contributed by atoms with E-state index in [-0.39, 0.29) is 11.9 Å². The summed E-state index contributed by atoms with van der Waals surface area (Å²) in [6, 6.07) is 14.7. The summed E-state index contributed by atoms with van der Waals surface area (Å²) >= 11 is 1.53. The van der Waals surface area contributed by atoms with Crippen molar-refractivity contribution in [3.63, 3.8) is 0 Å². The monoisotopic (exact) mass is 467 g/mol. The smallest absolute Gasteiger partial charge is 0.263 e. The molecule has 1 unspecified atom stereocenters. The van der Waals surface area contributed by atoms with Gasteiger partial charge in [-0.1, -0.05) is 5.92 Å². The normalized spacial score (nSPS) is 18.2. The van der Waals surface area contributed by atoms with Gasteiger partial charge in [0, 0.05) is 71.1 Å². The number of anilines is 2. The number of piperazine rings is 1. The molecule has 3 N–H and O–H groups in total. The standard InChI is InChI=1S/C27H25N5OS/c1-3-17-12-18(14-19(13-17)32-10-8-28-9-11-32)21-5-4-20-22(31-21)6-7-23-24(20)25-26(34-23)27(33)30-16(2)15-29-25/h1,4-7,12-14,16,28-29H,8-11,15H2,2H3,(H,30,33). The average Bonchev–Trinajstić information content (AvgIpc) is 3.20. The van der Waals surface area contributed by atoms with Crippen molar-refractivity contribution < 1.29 is 4.79 Å². The van der Waals surface area contributed by atoms with Gasteiger partial charge in [-0.05, 0) is 49.4 Å². The molecule has 6 rings (SSSR count). The van der Waals surface area contributed by atoms with Gasteiger partial charge in [-0.2, -0.15) is 0 Å². The number of aromatic nitrogens is 1. The first-order valence-electron chi connectivity index (χ1n) is 11.6. The fourth-order valence-corrected chi connectivity index (χ4v) is 5.93. The molecule has 34 heavy (non-hydrogen) atoms. The van der Waals surface area contributed by atoms with Crippen molar-refractivity contribution in [3.8, 4) is 23.6 Å². The highest BCUT2D eigenvalue weighted by Crippen LogP contribution is 2.41. The van der Waals surface area contributed by atoms with Crippen LogP contribution in [0.25, 0.3) is 32.2 Å². The van der Waals surface area contributed by atoms with Crippen molar-refractivity contribution in [2.24, 2.45) is 0 Å². The van der Waals surface area contributed by atoms with E-state index < -0.39 is 0 Å². The van der Waals surface area contributed by atoms with Crippen molar-refractivity contribution in [2.45, 2.75) is 13.0 Å². The second kappa shape index (κ2) is 8.32. The van der Waals surface area contributed by atoms with Gasteiger partial charge in [-0.15, -0.1) is 17.8 Å². The molecule has 2 aromatic carbocycles. The summed E-state index contributed by atoms with van der Waals surface area (Å²) in [7, 11) is 0. The van der Waals surface area contributed by atoms with Crippen LogP contribution in [0.2, 0.25) is 0 Å². The number of benzene rings is 2. The van der Waals surface area contributed by atoms with E-state index in [1.807, 2.05) is 19.1 Å². The van der Waals surface area contributed by atoms with Gasteiger partial charge < -0.3 is 20.9 Å². The number of nitrogens with zero attached hydrogens (tertiary/aromatic N) is 2. The molecule has 0 spiro atoms. The Balaban J connectivity index is 1.47. The van der Waals surface area contributed by atoms with Crippen LogP contribution >= 0.6 is 11.3 Å². The third-order valence-corrected chi connectivity index (χ3v) is 7.71. The zero-order valence-corrected chi connectivity index (χ0v) is 19.8. The molecule has 1 saturated heterocycles. The maximum absolute atomic E-state index is 12.7. The van der Waals surface area contributed by atoms with E-state index in [1.54, 1.807) is 0 Å². The van der Waals surface area contributed by atoms with E-state index in [0.29, 0.717) is 6.54 Å². The Morgan fingerprint density at radius 3 is 2.82 bits per heavy atom. The van der Waals surface area contributed by atoms with Crippen LogP contribution < -0.4 is 20.9 Å². The largest absolute Gasteiger partial charge is 0.381 e. The lowest BCUT2D eigenvalue weighted by atomic mass is 10.0. The minimum atomic E-state index is -0.0158. The molecule has 0 saturated carbocycles. The average molecular weight is 468 g/mol. The first kappa shape index (κ1) is 21.0. The van der Waals surface area contributed by atoms with Crippen LogP contribution in [0.15, 0.2) is 42.5 Å². The maximum Gasteiger partial charge on any atom is 0.263 e. The SMILES string of the molecule is C#Cc1cc(-c2ccc3c(ccc4sc5c(c43)NCC(C)NC5=O)n2)cc(N2CCNCC2)c1. The minimum Gasteiger partial charge on any atom is -0.381 e.